The molecule has 1 aliphatic rings. The van der Waals surface area contributed by atoms with E-state index in [2.05, 4.69) is 0 Å². The average Bonchev–Trinajstić information content (AvgIpc) is 2.84. The number of carbonyl (C=O) groups is 3. The standard InChI is InChI=1S/C17H11NO5/c18-16(20)12-3-1-2-11-14(19)13(23-15(11)12)8-9-4-6-10(7-5-9)17(21)22/h1-8H,(H2,18,20)(H,21,22)/b13-8-. The second kappa shape index (κ2) is 5.42. The number of carboxylic acids is 1. The maximum Gasteiger partial charge on any atom is 0.335 e. The number of para-hydroxylation sites is 1. The fourth-order valence-electron chi connectivity index (χ4n) is 2.28. The number of amides is 1. The summed E-state index contributed by atoms with van der Waals surface area (Å²) in [5.41, 5.74) is 6.43. The Kier molecular flexibility index (Phi) is 3.42. The Morgan fingerprint density at radius 2 is 1.78 bits per heavy atom. The highest BCUT2D eigenvalue weighted by molar-refractivity contribution is 6.16. The van der Waals surface area contributed by atoms with Gasteiger partial charge in [0.15, 0.2) is 11.5 Å². The molecule has 1 aliphatic heterocycles. The molecule has 0 aromatic heterocycles. The van der Waals surface area contributed by atoms with Gasteiger partial charge in [-0.1, -0.05) is 18.2 Å². The van der Waals surface area contributed by atoms with Crippen molar-refractivity contribution in [2.75, 3.05) is 0 Å². The summed E-state index contributed by atoms with van der Waals surface area (Å²) in [7, 11) is 0. The van der Waals surface area contributed by atoms with E-state index in [1.54, 1.807) is 24.3 Å². The summed E-state index contributed by atoms with van der Waals surface area (Å²) in [6.07, 6.45) is 1.48. The molecule has 0 saturated carbocycles. The predicted molar refractivity (Wildman–Crippen MR) is 81.3 cm³/mol. The van der Waals surface area contributed by atoms with Crippen LogP contribution in [0.15, 0.2) is 48.2 Å². The molecular formula is C17H11NO5. The minimum atomic E-state index is -1.03. The van der Waals surface area contributed by atoms with Crippen molar-refractivity contribution in [3.05, 3.63) is 70.5 Å². The Balaban J connectivity index is 1.97. The van der Waals surface area contributed by atoms with Crippen molar-refractivity contribution in [1.29, 1.82) is 0 Å². The summed E-state index contributed by atoms with van der Waals surface area (Å²) in [5, 5.41) is 8.86. The normalized spacial score (nSPS) is 14.4. The third-order valence-electron chi connectivity index (χ3n) is 3.42. The summed E-state index contributed by atoms with van der Waals surface area (Å²) < 4.78 is 5.49. The van der Waals surface area contributed by atoms with Crippen LogP contribution in [0.5, 0.6) is 5.75 Å². The van der Waals surface area contributed by atoms with Crippen molar-refractivity contribution in [1.82, 2.24) is 0 Å². The van der Waals surface area contributed by atoms with Gasteiger partial charge in [0, 0.05) is 0 Å². The first kappa shape index (κ1) is 14.5. The first-order valence-electron chi connectivity index (χ1n) is 6.68. The van der Waals surface area contributed by atoms with E-state index in [1.807, 2.05) is 0 Å². The van der Waals surface area contributed by atoms with Crippen LogP contribution in [0, 0.1) is 0 Å². The van der Waals surface area contributed by atoms with Gasteiger partial charge in [0.05, 0.1) is 16.7 Å². The number of allylic oxidation sites excluding steroid dienone is 1. The molecule has 0 aliphatic carbocycles. The minimum absolute atomic E-state index is 0.0526. The van der Waals surface area contributed by atoms with Crippen LogP contribution < -0.4 is 10.5 Å². The third kappa shape index (κ3) is 2.57. The number of hydrogen-bond donors (Lipinski definition) is 2. The smallest absolute Gasteiger partial charge is 0.335 e. The molecule has 0 saturated heterocycles. The number of hydrogen-bond acceptors (Lipinski definition) is 4. The topological polar surface area (TPSA) is 107 Å². The molecule has 1 amide bonds. The van der Waals surface area contributed by atoms with Crippen molar-refractivity contribution < 1.29 is 24.2 Å². The van der Waals surface area contributed by atoms with Crippen LogP contribution in [0.1, 0.15) is 36.6 Å². The van der Waals surface area contributed by atoms with E-state index in [0.717, 1.165) is 0 Å². The lowest BCUT2D eigenvalue weighted by Gasteiger charge is -2.03. The molecule has 6 nitrogen and oxygen atoms in total. The summed E-state index contributed by atoms with van der Waals surface area (Å²) in [5.74, 6) is -1.86. The van der Waals surface area contributed by atoms with Crippen LogP contribution in [0.2, 0.25) is 0 Å². The molecule has 3 rings (SSSR count). The van der Waals surface area contributed by atoms with Crippen LogP contribution in [-0.4, -0.2) is 22.8 Å². The van der Waals surface area contributed by atoms with Crippen molar-refractivity contribution in [3.63, 3.8) is 0 Å². The van der Waals surface area contributed by atoms with Crippen molar-refractivity contribution >= 4 is 23.7 Å². The van der Waals surface area contributed by atoms with Gasteiger partial charge >= 0.3 is 5.97 Å². The number of primary amides is 1. The number of aromatic carboxylic acids is 1. The van der Waals surface area contributed by atoms with E-state index in [0.29, 0.717) is 5.56 Å². The lowest BCUT2D eigenvalue weighted by Crippen LogP contribution is -2.11. The second-order valence-electron chi connectivity index (χ2n) is 4.91. The van der Waals surface area contributed by atoms with Gasteiger partial charge in [-0.05, 0) is 35.9 Å². The van der Waals surface area contributed by atoms with E-state index < -0.39 is 11.9 Å². The van der Waals surface area contributed by atoms with Gasteiger partial charge in [-0.25, -0.2) is 4.79 Å². The van der Waals surface area contributed by atoms with Gasteiger partial charge in [-0.2, -0.15) is 0 Å². The van der Waals surface area contributed by atoms with Crippen LogP contribution in [0.25, 0.3) is 6.08 Å². The summed E-state index contributed by atoms with van der Waals surface area (Å²) in [6.45, 7) is 0. The van der Waals surface area contributed by atoms with E-state index >= 15 is 0 Å². The number of carboxylic acid groups (broad SMARTS) is 1. The molecule has 2 aromatic rings. The highest BCUT2D eigenvalue weighted by Gasteiger charge is 2.30. The molecule has 0 unspecified atom stereocenters. The maximum atomic E-state index is 12.3. The van der Waals surface area contributed by atoms with Gasteiger partial charge in [0.2, 0.25) is 5.78 Å². The number of fused-ring (bicyclic) bond motifs is 1. The number of carbonyl (C=O) groups excluding carboxylic acids is 2. The quantitative estimate of drug-likeness (QED) is 0.844. The Morgan fingerprint density at radius 3 is 2.39 bits per heavy atom. The summed E-state index contributed by atoms with van der Waals surface area (Å²) >= 11 is 0. The molecule has 0 radical (unpaired) electrons. The molecule has 1 heterocycles. The van der Waals surface area contributed by atoms with E-state index in [4.69, 9.17) is 15.6 Å². The van der Waals surface area contributed by atoms with Crippen molar-refractivity contribution in [3.8, 4) is 5.75 Å². The Hall–Kier alpha value is -3.41. The van der Waals surface area contributed by atoms with Crippen LogP contribution >= 0.6 is 0 Å². The third-order valence-corrected chi connectivity index (χ3v) is 3.42. The monoisotopic (exact) mass is 309 g/mol. The van der Waals surface area contributed by atoms with Gasteiger partial charge < -0.3 is 15.6 Å². The van der Waals surface area contributed by atoms with E-state index in [-0.39, 0.29) is 34.0 Å². The minimum Gasteiger partial charge on any atom is -0.478 e. The maximum absolute atomic E-state index is 12.3. The summed E-state index contributed by atoms with van der Waals surface area (Å²) in [4.78, 5) is 34.5. The average molecular weight is 309 g/mol. The highest BCUT2D eigenvalue weighted by Crippen LogP contribution is 2.34. The van der Waals surface area contributed by atoms with Crippen LogP contribution in [0.4, 0.5) is 0 Å². The molecule has 0 atom stereocenters. The number of benzene rings is 2. The molecule has 23 heavy (non-hydrogen) atoms. The zero-order valence-corrected chi connectivity index (χ0v) is 11.8. The first-order valence-corrected chi connectivity index (χ1v) is 6.68. The van der Waals surface area contributed by atoms with Gasteiger partial charge in [0.25, 0.3) is 5.91 Å². The molecule has 0 fully saturated rings. The van der Waals surface area contributed by atoms with Crippen molar-refractivity contribution in [2.45, 2.75) is 0 Å². The molecule has 0 spiro atoms. The zero-order chi connectivity index (χ0) is 16.6. The van der Waals surface area contributed by atoms with E-state index in [9.17, 15) is 14.4 Å². The largest absolute Gasteiger partial charge is 0.478 e. The number of nitrogens with two attached hydrogens (primary N) is 1. The van der Waals surface area contributed by atoms with Gasteiger partial charge in [0.1, 0.15) is 0 Å². The first-order chi connectivity index (χ1) is 11.0. The Bertz CT molecular complexity index is 865. The summed E-state index contributed by atoms with van der Waals surface area (Å²) in [6, 6.07) is 10.6. The molecule has 114 valence electrons. The lowest BCUT2D eigenvalue weighted by atomic mass is 10.1. The fraction of sp³-hybridized carbons (Fsp3) is 0. The van der Waals surface area contributed by atoms with Gasteiger partial charge in [-0.3, -0.25) is 9.59 Å². The molecule has 0 bridgehead atoms. The SMILES string of the molecule is NC(=O)c1cccc2c1O/C(=C\c1ccc(C(=O)O)cc1)C2=O. The second-order valence-corrected chi connectivity index (χ2v) is 4.91. The number of Topliss-reactive ketones (excluding diaryl/α,β-unsaturated/α-hetero) is 1. The predicted octanol–water partition coefficient (Wildman–Crippen LogP) is 2.10. The van der Waals surface area contributed by atoms with Crippen LogP contribution in [0.3, 0.4) is 0 Å². The van der Waals surface area contributed by atoms with Crippen molar-refractivity contribution in [2.24, 2.45) is 5.73 Å². The lowest BCUT2D eigenvalue weighted by molar-refractivity contribution is 0.0696. The molecule has 2 aromatic carbocycles. The van der Waals surface area contributed by atoms with Crippen LogP contribution in [-0.2, 0) is 0 Å². The molecule has 3 N–H and O–H groups in total. The number of ketones is 1. The Labute approximate surface area is 130 Å². The number of ether oxygens (including phenoxy) is 1. The molecule has 6 heteroatoms. The van der Waals surface area contributed by atoms with Gasteiger partial charge in [-0.15, -0.1) is 0 Å². The van der Waals surface area contributed by atoms with E-state index in [1.165, 1.54) is 24.3 Å². The zero-order valence-electron chi connectivity index (χ0n) is 11.8. The fourth-order valence-corrected chi connectivity index (χ4v) is 2.28. The highest BCUT2D eigenvalue weighted by atomic mass is 16.5. The molecular weight excluding hydrogens is 298 g/mol. The number of rotatable bonds is 3. The Morgan fingerprint density at radius 1 is 1.09 bits per heavy atom.